The normalized spacial score (nSPS) is 16.4. The highest BCUT2D eigenvalue weighted by molar-refractivity contribution is 6.06. The van der Waals surface area contributed by atoms with Crippen molar-refractivity contribution < 1.29 is 19.1 Å². The molecule has 0 saturated heterocycles. The Labute approximate surface area is 158 Å². The number of ether oxygens (including phenoxy) is 2. The molecule has 0 aliphatic carbocycles. The van der Waals surface area contributed by atoms with E-state index in [0.717, 1.165) is 11.1 Å². The molecule has 6 nitrogen and oxygen atoms in total. The fourth-order valence-corrected chi connectivity index (χ4v) is 3.16. The van der Waals surface area contributed by atoms with Gasteiger partial charge in [-0.05, 0) is 37.1 Å². The molecule has 0 bridgehead atoms. The number of rotatable bonds is 6. The maximum absolute atomic E-state index is 12.5. The second-order valence-corrected chi connectivity index (χ2v) is 6.09. The van der Waals surface area contributed by atoms with Crippen LogP contribution in [-0.4, -0.2) is 25.5 Å². The first-order valence-corrected chi connectivity index (χ1v) is 8.74. The number of nitrogens with one attached hydrogen (secondary N) is 2. The van der Waals surface area contributed by atoms with Gasteiger partial charge in [0.2, 0.25) is 0 Å². The average Bonchev–Trinajstić information content (AvgIpc) is 2.68. The first kappa shape index (κ1) is 18.5. The average molecular weight is 366 g/mol. The van der Waals surface area contributed by atoms with E-state index in [1.807, 2.05) is 43.3 Å². The number of hydrogen-bond donors (Lipinski definition) is 2. The van der Waals surface area contributed by atoms with Crippen molar-refractivity contribution in [2.75, 3.05) is 13.7 Å². The number of amides is 2. The summed E-state index contributed by atoms with van der Waals surface area (Å²) in [6, 6.07) is 13.8. The minimum atomic E-state index is -0.587. The molecule has 0 fully saturated rings. The smallest absolute Gasteiger partial charge is 0.320 e. The molecular weight excluding hydrogens is 344 g/mol. The van der Waals surface area contributed by atoms with E-state index in [1.54, 1.807) is 19.2 Å². The molecule has 0 unspecified atom stereocenters. The van der Waals surface area contributed by atoms with E-state index in [1.165, 1.54) is 6.92 Å². The van der Waals surface area contributed by atoms with Gasteiger partial charge in [0, 0.05) is 5.57 Å². The van der Waals surface area contributed by atoms with Crippen LogP contribution in [0.25, 0.3) is 5.70 Å². The third-order valence-corrected chi connectivity index (χ3v) is 4.33. The van der Waals surface area contributed by atoms with Crippen molar-refractivity contribution in [3.8, 4) is 11.5 Å². The summed E-state index contributed by atoms with van der Waals surface area (Å²) in [5.41, 5.74) is 2.53. The molecule has 1 heterocycles. The molecule has 2 aromatic rings. The number of methoxy groups -OCH3 is 1. The molecule has 0 saturated carbocycles. The van der Waals surface area contributed by atoms with Crippen molar-refractivity contribution in [1.82, 2.24) is 10.6 Å². The molecule has 3 rings (SSSR count). The van der Waals surface area contributed by atoms with Crippen molar-refractivity contribution in [1.29, 1.82) is 0 Å². The van der Waals surface area contributed by atoms with Crippen LogP contribution in [0.1, 0.15) is 31.0 Å². The minimum Gasteiger partial charge on any atom is -0.493 e. The lowest BCUT2D eigenvalue weighted by Gasteiger charge is -2.30. The standard InChI is InChI=1S/C21H22N2O4/c1-4-27-16-11-10-15(12-17(16)26-3)20-18(13(2)24)19(22-21(25)23-20)14-8-6-5-7-9-14/h5-12,20H,4H2,1-3H3,(H2,22,23,25)/t20-/m1/s1. The van der Waals surface area contributed by atoms with Crippen LogP contribution in [0.2, 0.25) is 0 Å². The fourth-order valence-electron chi connectivity index (χ4n) is 3.16. The minimum absolute atomic E-state index is 0.126. The summed E-state index contributed by atoms with van der Waals surface area (Å²) < 4.78 is 11.0. The van der Waals surface area contributed by atoms with E-state index in [-0.39, 0.29) is 11.8 Å². The Kier molecular flexibility index (Phi) is 5.45. The number of carbonyl (C=O) groups excluding carboxylic acids is 2. The summed E-state index contributed by atoms with van der Waals surface area (Å²) in [5.74, 6) is 1.03. The van der Waals surface area contributed by atoms with Gasteiger partial charge in [0.05, 0.1) is 25.5 Å². The maximum Gasteiger partial charge on any atom is 0.320 e. The predicted molar refractivity (Wildman–Crippen MR) is 103 cm³/mol. The highest BCUT2D eigenvalue weighted by Gasteiger charge is 2.32. The van der Waals surface area contributed by atoms with Crippen LogP contribution in [0.4, 0.5) is 4.79 Å². The van der Waals surface area contributed by atoms with Gasteiger partial charge in [0.25, 0.3) is 0 Å². The second-order valence-electron chi connectivity index (χ2n) is 6.09. The number of carbonyl (C=O) groups is 2. The van der Waals surface area contributed by atoms with Crippen LogP contribution in [0.5, 0.6) is 11.5 Å². The van der Waals surface area contributed by atoms with Crippen LogP contribution in [0.3, 0.4) is 0 Å². The fraction of sp³-hybridized carbons (Fsp3) is 0.238. The Hall–Kier alpha value is -3.28. The number of urea groups is 1. The van der Waals surface area contributed by atoms with Crippen LogP contribution >= 0.6 is 0 Å². The van der Waals surface area contributed by atoms with E-state index < -0.39 is 6.04 Å². The summed E-state index contributed by atoms with van der Waals surface area (Å²) in [6.45, 7) is 3.90. The van der Waals surface area contributed by atoms with Gasteiger partial charge in [-0.3, -0.25) is 4.79 Å². The Morgan fingerprint density at radius 1 is 1.11 bits per heavy atom. The largest absolute Gasteiger partial charge is 0.493 e. The number of benzene rings is 2. The van der Waals surface area contributed by atoms with Crippen molar-refractivity contribution in [2.24, 2.45) is 0 Å². The third-order valence-electron chi connectivity index (χ3n) is 4.33. The van der Waals surface area contributed by atoms with Crippen LogP contribution in [0.15, 0.2) is 54.1 Å². The molecule has 2 amide bonds. The molecule has 1 aliphatic heterocycles. The van der Waals surface area contributed by atoms with Crippen LogP contribution in [0, 0.1) is 0 Å². The molecule has 2 N–H and O–H groups in total. The number of hydrogen-bond acceptors (Lipinski definition) is 4. The first-order valence-electron chi connectivity index (χ1n) is 8.74. The third kappa shape index (κ3) is 3.79. The summed E-state index contributed by atoms with van der Waals surface area (Å²) in [4.78, 5) is 24.8. The highest BCUT2D eigenvalue weighted by Crippen LogP contribution is 2.36. The van der Waals surface area contributed by atoms with Gasteiger partial charge in [0.15, 0.2) is 17.3 Å². The van der Waals surface area contributed by atoms with E-state index in [2.05, 4.69) is 10.6 Å². The SMILES string of the molecule is CCOc1ccc([C@H]2NC(=O)NC(c3ccccc3)=C2C(C)=O)cc1OC. The second kappa shape index (κ2) is 7.95. The monoisotopic (exact) mass is 366 g/mol. The molecule has 27 heavy (non-hydrogen) atoms. The lowest BCUT2D eigenvalue weighted by Crippen LogP contribution is -2.44. The predicted octanol–water partition coefficient (Wildman–Crippen LogP) is 3.45. The molecule has 0 spiro atoms. The van der Waals surface area contributed by atoms with E-state index >= 15 is 0 Å². The van der Waals surface area contributed by atoms with Gasteiger partial charge in [0.1, 0.15) is 0 Å². The Bertz CT molecular complexity index is 890. The number of Topliss-reactive ketones (excluding diaryl/α,β-unsaturated/α-hetero) is 1. The summed E-state index contributed by atoms with van der Waals surface area (Å²) in [6.07, 6.45) is 0. The van der Waals surface area contributed by atoms with Crippen molar-refractivity contribution >= 4 is 17.5 Å². The lowest BCUT2D eigenvalue weighted by molar-refractivity contribution is -0.113. The van der Waals surface area contributed by atoms with E-state index in [4.69, 9.17) is 9.47 Å². The molecular formula is C21H22N2O4. The molecule has 1 atom stereocenters. The Morgan fingerprint density at radius 2 is 1.85 bits per heavy atom. The van der Waals surface area contributed by atoms with E-state index in [9.17, 15) is 9.59 Å². The molecule has 6 heteroatoms. The van der Waals surface area contributed by atoms with E-state index in [0.29, 0.717) is 29.4 Å². The number of ketones is 1. The van der Waals surface area contributed by atoms with Gasteiger partial charge < -0.3 is 20.1 Å². The van der Waals surface area contributed by atoms with Gasteiger partial charge in [-0.1, -0.05) is 36.4 Å². The van der Waals surface area contributed by atoms with Gasteiger partial charge in [-0.25, -0.2) is 4.79 Å². The van der Waals surface area contributed by atoms with Gasteiger partial charge in [-0.2, -0.15) is 0 Å². The van der Waals surface area contributed by atoms with Crippen molar-refractivity contribution in [2.45, 2.75) is 19.9 Å². The Morgan fingerprint density at radius 3 is 2.48 bits per heavy atom. The highest BCUT2D eigenvalue weighted by atomic mass is 16.5. The Balaban J connectivity index is 2.13. The van der Waals surface area contributed by atoms with Gasteiger partial charge >= 0.3 is 6.03 Å². The molecule has 0 radical (unpaired) electrons. The maximum atomic E-state index is 12.5. The first-order chi connectivity index (χ1) is 13.0. The summed E-state index contributed by atoms with van der Waals surface area (Å²) >= 11 is 0. The molecule has 1 aliphatic rings. The molecule has 140 valence electrons. The van der Waals surface area contributed by atoms with Gasteiger partial charge in [-0.15, -0.1) is 0 Å². The lowest BCUT2D eigenvalue weighted by atomic mass is 9.90. The van der Waals surface area contributed by atoms with Crippen molar-refractivity contribution in [3.63, 3.8) is 0 Å². The molecule has 0 aromatic heterocycles. The zero-order chi connectivity index (χ0) is 19.4. The summed E-state index contributed by atoms with van der Waals surface area (Å²) in [5, 5.41) is 5.62. The molecule has 2 aromatic carbocycles. The quantitative estimate of drug-likeness (QED) is 0.821. The zero-order valence-electron chi connectivity index (χ0n) is 15.5. The van der Waals surface area contributed by atoms with Crippen LogP contribution in [-0.2, 0) is 4.79 Å². The topological polar surface area (TPSA) is 76.7 Å². The zero-order valence-corrected chi connectivity index (χ0v) is 15.5. The summed E-state index contributed by atoms with van der Waals surface area (Å²) in [7, 11) is 1.56. The van der Waals surface area contributed by atoms with Crippen LogP contribution < -0.4 is 20.1 Å². The van der Waals surface area contributed by atoms with Crippen molar-refractivity contribution in [3.05, 3.63) is 65.2 Å².